The molecule has 2 saturated heterocycles. The van der Waals surface area contributed by atoms with Crippen molar-refractivity contribution < 1.29 is 9.47 Å². The van der Waals surface area contributed by atoms with Crippen molar-refractivity contribution in [1.29, 1.82) is 0 Å². The van der Waals surface area contributed by atoms with Gasteiger partial charge in [0.15, 0.2) is 5.82 Å². The van der Waals surface area contributed by atoms with Gasteiger partial charge in [-0.15, -0.1) is 5.10 Å². The van der Waals surface area contributed by atoms with Crippen LogP contribution in [0.5, 0.6) is 0 Å². The highest BCUT2D eigenvalue weighted by Gasteiger charge is 2.24. The number of pyridine rings is 1. The Labute approximate surface area is 186 Å². The van der Waals surface area contributed by atoms with Crippen LogP contribution in [-0.2, 0) is 29.1 Å². The first-order valence-corrected chi connectivity index (χ1v) is 11.5. The number of aromatic nitrogens is 5. The molecule has 0 amide bonds. The van der Waals surface area contributed by atoms with Gasteiger partial charge in [-0.1, -0.05) is 11.6 Å². The molecule has 9 heteroatoms. The predicted octanol–water partition coefficient (Wildman–Crippen LogP) is 2.18. The van der Waals surface area contributed by atoms with Crippen molar-refractivity contribution in [2.24, 2.45) is 0 Å². The van der Waals surface area contributed by atoms with Gasteiger partial charge < -0.3 is 14.5 Å². The SMILES string of the molecule is Cc1ccc2[nH]c(=O)c(CN(Cc3nnnn3CC3CCCO3)CC3CCCO3)cc2c1. The van der Waals surface area contributed by atoms with Crippen LogP contribution in [0.25, 0.3) is 10.9 Å². The quantitative estimate of drug-likeness (QED) is 0.576. The number of hydrogen-bond donors (Lipinski definition) is 1. The molecule has 1 N–H and O–H groups in total. The van der Waals surface area contributed by atoms with Crippen LogP contribution in [0.3, 0.4) is 0 Å². The van der Waals surface area contributed by atoms with Crippen molar-refractivity contribution >= 4 is 10.9 Å². The standard InChI is InChI=1S/C23H30N6O3/c1-16-6-7-21-17(10-16)11-18(23(30)24-21)12-28(13-19-4-2-8-31-19)15-22-25-26-27-29(22)14-20-5-3-9-32-20/h6-7,10-11,19-20H,2-5,8-9,12-15H2,1H3,(H,24,30). The fraction of sp³-hybridized carbons (Fsp3) is 0.565. The number of ether oxygens (including phenoxy) is 2. The van der Waals surface area contributed by atoms with E-state index in [0.717, 1.165) is 67.7 Å². The summed E-state index contributed by atoms with van der Waals surface area (Å²) in [4.78, 5) is 18.1. The van der Waals surface area contributed by atoms with Crippen molar-refractivity contribution in [1.82, 2.24) is 30.1 Å². The van der Waals surface area contributed by atoms with Crippen LogP contribution in [0.2, 0.25) is 0 Å². The van der Waals surface area contributed by atoms with E-state index in [0.29, 0.717) is 19.6 Å². The topological polar surface area (TPSA) is 98.2 Å². The number of hydrogen-bond acceptors (Lipinski definition) is 7. The highest BCUT2D eigenvalue weighted by atomic mass is 16.5. The summed E-state index contributed by atoms with van der Waals surface area (Å²) in [6.07, 6.45) is 4.55. The Hall–Kier alpha value is -2.62. The molecule has 2 aliphatic rings. The van der Waals surface area contributed by atoms with Gasteiger partial charge in [0, 0.05) is 37.4 Å². The molecule has 4 heterocycles. The molecule has 1 aromatic carbocycles. The highest BCUT2D eigenvalue weighted by Crippen LogP contribution is 2.19. The maximum Gasteiger partial charge on any atom is 0.252 e. The first-order valence-electron chi connectivity index (χ1n) is 11.5. The number of fused-ring (bicyclic) bond motifs is 1. The normalized spacial score (nSPS) is 21.2. The zero-order valence-corrected chi connectivity index (χ0v) is 18.5. The van der Waals surface area contributed by atoms with Gasteiger partial charge in [-0.25, -0.2) is 4.68 Å². The molecule has 170 valence electrons. The number of tetrazole rings is 1. The minimum absolute atomic E-state index is 0.0577. The molecular formula is C23H30N6O3. The first-order chi connectivity index (χ1) is 15.6. The average Bonchev–Trinajstić information content (AvgIpc) is 3.54. The van der Waals surface area contributed by atoms with Crippen LogP contribution >= 0.6 is 0 Å². The molecule has 0 spiro atoms. The summed E-state index contributed by atoms with van der Waals surface area (Å²) < 4.78 is 13.5. The molecule has 2 aromatic heterocycles. The van der Waals surface area contributed by atoms with E-state index in [4.69, 9.17) is 9.47 Å². The minimum atomic E-state index is -0.0577. The molecule has 0 aliphatic carbocycles. The molecule has 2 atom stereocenters. The zero-order chi connectivity index (χ0) is 21.9. The van der Waals surface area contributed by atoms with Gasteiger partial charge >= 0.3 is 0 Å². The largest absolute Gasteiger partial charge is 0.377 e. The Kier molecular flexibility index (Phi) is 6.29. The number of nitrogens with zero attached hydrogens (tertiary/aromatic N) is 5. The smallest absolute Gasteiger partial charge is 0.252 e. The number of H-pyrrole nitrogens is 1. The van der Waals surface area contributed by atoms with E-state index in [1.165, 1.54) is 5.56 Å². The van der Waals surface area contributed by atoms with Crippen LogP contribution in [0.1, 0.15) is 42.6 Å². The number of rotatable bonds is 8. The Balaban J connectivity index is 1.38. The van der Waals surface area contributed by atoms with E-state index in [-0.39, 0.29) is 17.8 Å². The fourth-order valence-electron chi connectivity index (χ4n) is 4.65. The van der Waals surface area contributed by atoms with Crippen molar-refractivity contribution in [2.75, 3.05) is 19.8 Å². The van der Waals surface area contributed by atoms with Crippen molar-refractivity contribution in [3.05, 3.63) is 51.6 Å². The predicted molar refractivity (Wildman–Crippen MR) is 119 cm³/mol. The number of aromatic amines is 1. The molecule has 2 fully saturated rings. The molecular weight excluding hydrogens is 408 g/mol. The van der Waals surface area contributed by atoms with Crippen LogP contribution < -0.4 is 5.56 Å². The van der Waals surface area contributed by atoms with Crippen molar-refractivity contribution in [3.63, 3.8) is 0 Å². The Morgan fingerprint density at radius 1 is 1.12 bits per heavy atom. The van der Waals surface area contributed by atoms with Crippen molar-refractivity contribution in [2.45, 2.75) is 64.4 Å². The van der Waals surface area contributed by atoms with E-state index in [1.807, 2.05) is 22.9 Å². The fourth-order valence-corrected chi connectivity index (χ4v) is 4.65. The second kappa shape index (κ2) is 9.48. The number of benzene rings is 1. The van der Waals surface area contributed by atoms with Crippen LogP contribution in [0.15, 0.2) is 29.1 Å². The third-order valence-electron chi connectivity index (χ3n) is 6.33. The minimum Gasteiger partial charge on any atom is -0.377 e. The lowest BCUT2D eigenvalue weighted by atomic mass is 10.1. The van der Waals surface area contributed by atoms with Crippen LogP contribution in [0, 0.1) is 6.92 Å². The maximum atomic E-state index is 12.8. The summed E-state index contributed by atoms with van der Waals surface area (Å²) in [5.74, 6) is 0.784. The van der Waals surface area contributed by atoms with Gasteiger partial charge in [-0.2, -0.15) is 0 Å². The summed E-state index contributed by atoms with van der Waals surface area (Å²) in [7, 11) is 0. The van der Waals surface area contributed by atoms with Crippen LogP contribution in [0.4, 0.5) is 0 Å². The summed E-state index contributed by atoms with van der Waals surface area (Å²) in [6.45, 7) is 6.10. The number of aryl methyl sites for hydroxylation is 1. The van der Waals surface area contributed by atoms with Crippen molar-refractivity contribution in [3.8, 4) is 0 Å². The van der Waals surface area contributed by atoms with Gasteiger partial charge in [-0.3, -0.25) is 9.69 Å². The van der Waals surface area contributed by atoms with Gasteiger partial charge in [0.25, 0.3) is 5.56 Å². The third kappa shape index (κ3) is 4.90. The molecule has 0 radical (unpaired) electrons. The molecule has 2 unspecified atom stereocenters. The number of nitrogens with one attached hydrogen (secondary N) is 1. The van der Waals surface area contributed by atoms with E-state index in [1.54, 1.807) is 0 Å². The molecule has 32 heavy (non-hydrogen) atoms. The lowest BCUT2D eigenvalue weighted by molar-refractivity contribution is 0.0647. The highest BCUT2D eigenvalue weighted by molar-refractivity contribution is 5.79. The molecule has 9 nitrogen and oxygen atoms in total. The van der Waals surface area contributed by atoms with Gasteiger partial charge in [-0.05, 0) is 66.6 Å². The Morgan fingerprint density at radius 2 is 1.94 bits per heavy atom. The summed E-state index contributed by atoms with van der Waals surface area (Å²) >= 11 is 0. The lowest BCUT2D eigenvalue weighted by Gasteiger charge is -2.25. The van der Waals surface area contributed by atoms with E-state index >= 15 is 0 Å². The molecule has 2 aliphatic heterocycles. The summed E-state index contributed by atoms with van der Waals surface area (Å²) in [6, 6.07) is 8.06. The molecule has 3 aromatic rings. The second-order valence-electron chi connectivity index (χ2n) is 8.93. The summed E-state index contributed by atoms with van der Waals surface area (Å²) in [5, 5.41) is 13.4. The average molecular weight is 439 g/mol. The molecule has 5 rings (SSSR count). The van der Waals surface area contributed by atoms with E-state index in [9.17, 15) is 4.79 Å². The van der Waals surface area contributed by atoms with Crippen LogP contribution in [-0.4, -0.2) is 62.1 Å². The van der Waals surface area contributed by atoms with Gasteiger partial charge in [0.1, 0.15) is 0 Å². The van der Waals surface area contributed by atoms with E-state index in [2.05, 4.69) is 38.4 Å². The molecule has 0 saturated carbocycles. The first kappa shape index (κ1) is 21.2. The monoisotopic (exact) mass is 438 g/mol. The zero-order valence-electron chi connectivity index (χ0n) is 18.5. The van der Waals surface area contributed by atoms with Gasteiger partial charge in [0.05, 0.1) is 25.3 Å². The van der Waals surface area contributed by atoms with E-state index < -0.39 is 0 Å². The second-order valence-corrected chi connectivity index (χ2v) is 8.93. The lowest BCUT2D eigenvalue weighted by Crippen LogP contribution is -2.34. The Bertz CT molecular complexity index is 1110. The summed E-state index contributed by atoms with van der Waals surface area (Å²) in [5.41, 5.74) is 2.70. The Morgan fingerprint density at radius 3 is 2.72 bits per heavy atom. The third-order valence-corrected chi connectivity index (χ3v) is 6.33. The van der Waals surface area contributed by atoms with Gasteiger partial charge in [0.2, 0.25) is 0 Å². The molecule has 0 bridgehead atoms. The maximum absolute atomic E-state index is 12.8.